The number of carbonyl (C=O) groups is 2. The standard InChI is InChI=1S/C20H24N4O4/c25-18(8-7-17-21-15-5-2-1-4-14(15)19(26)22-17)23-9-11-24(12-10-23)20(27)16-6-3-13-28-16/h1-2,4-5,16H,3,6-13H2,(H,21,22,26). The van der Waals surface area contributed by atoms with Crippen LogP contribution in [-0.4, -0.2) is 70.5 Å². The molecule has 1 aromatic carbocycles. The van der Waals surface area contributed by atoms with Gasteiger partial charge in [0.15, 0.2) is 0 Å². The van der Waals surface area contributed by atoms with Crippen LogP contribution in [0.4, 0.5) is 0 Å². The van der Waals surface area contributed by atoms with Gasteiger partial charge >= 0.3 is 0 Å². The van der Waals surface area contributed by atoms with Gasteiger partial charge < -0.3 is 19.5 Å². The monoisotopic (exact) mass is 384 g/mol. The largest absolute Gasteiger partial charge is 0.368 e. The van der Waals surface area contributed by atoms with Crippen molar-refractivity contribution < 1.29 is 14.3 Å². The van der Waals surface area contributed by atoms with Gasteiger partial charge in [0, 0.05) is 45.6 Å². The molecule has 2 amide bonds. The van der Waals surface area contributed by atoms with Crippen molar-refractivity contribution >= 4 is 22.7 Å². The number of H-pyrrole nitrogens is 1. The summed E-state index contributed by atoms with van der Waals surface area (Å²) in [4.78, 5) is 47.8. The maximum absolute atomic E-state index is 12.5. The lowest BCUT2D eigenvalue weighted by molar-refractivity contribution is -0.146. The molecule has 8 heteroatoms. The number of aryl methyl sites for hydroxylation is 1. The molecule has 2 aliphatic heterocycles. The first-order valence-electron chi connectivity index (χ1n) is 9.78. The summed E-state index contributed by atoms with van der Waals surface area (Å²) in [6, 6.07) is 7.15. The third-order valence-electron chi connectivity index (χ3n) is 5.39. The lowest BCUT2D eigenvalue weighted by Gasteiger charge is -2.35. The van der Waals surface area contributed by atoms with Gasteiger partial charge in [-0.15, -0.1) is 0 Å². The van der Waals surface area contributed by atoms with E-state index in [1.54, 1.807) is 28.0 Å². The van der Waals surface area contributed by atoms with Gasteiger partial charge in [0.1, 0.15) is 11.9 Å². The molecular formula is C20H24N4O4. The molecule has 1 atom stereocenters. The third-order valence-corrected chi connectivity index (χ3v) is 5.39. The number of ether oxygens (including phenoxy) is 1. The first kappa shape index (κ1) is 18.6. The first-order chi connectivity index (χ1) is 13.6. The van der Waals surface area contributed by atoms with Gasteiger partial charge in [-0.25, -0.2) is 4.98 Å². The summed E-state index contributed by atoms with van der Waals surface area (Å²) in [5, 5.41) is 0.546. The summed E-state index contributed by atoms with van der Waals surface area (Å²) in [5.41, 5.74) is 0.448. The zero-order valence-electron chi connectivity index (χ0n) is 15.7. The minimum absolute atomic E-state index is 0.0139. The van der Waals surface area contributed by atoms with Crippen molar-refractivity contribution in [3.8, 4) is 0 Å². The van der Waals surface area contributed by atoms with Crippen molar-refractivity contribution in [1.29, 1.82) is 0 Å². The van der Waals surface area contributed by atoms with E-state index in [4.69, 9.17) is 4.74 Å². The molecule has 148 valence electrons. The number of amides is 2. The smallest absolute Gasteiger partial charge is 0.258 e. The minimum atomic E-state index is -0.307. The second-order valence-electron chi connectivity index (χ2n) is 7.24. The topological polar surface area (TPSA) is 95.6 Å². The Labute approximate surface area is 162 Å². The number of para-hydroxylation sites is 1. The Kier molecular flexibility index (Phi) is 5.38. The van der Waals surface area contributed by atoms with E-state index in [1.165, 1.54) is 0 Å². The number of aromatic nitrogens is 2. The molecule has 28 heavy (non-hydrogen) atoms. The average Bonchev–Trinajstić information content (AvgIpc) is 3.26. The van der Waals surface area contributed by atoms with Gasteiger partial charge in [-0.05, 0) is 25.0 Å². The van der Waals surface area contributed by atoms with E-state index < -0.39 is 0 Å². The maximum Gasteiger partial charge on any atom is 0.258 e. The normalized spacial score (nSPS) is 19.9. The van der Waals surface area contributed by atoms with Crippen molar-refractivity contribution in [1.82, 2.24) is 19.8 Å². The summed E-state index contributed by atoms with van der Waals surface area (Å²) in [7, 11) is 0. The Morgan fingerprint density at radius 3 is 2.64 bits per heavy atom. The molecule has 0 saturated carbocycles. The van der Waals surface area contributed by atoms with E-state index in [1.807, 2.05) is 6.07 Å². The van der Waals surface area contributed by atoms with Crippen molar-refractivity contribution in [2.45, 2.75) is 31.8 Å². The number of fused-ring (bicyclic) bond motifs is 1. The van der Waals surface area contributed by atoms with Crippen LogP contribution in [0.5, 0.6) is 0 Å². The SMILES string of the molecule is O=C(CCc1nc2ccccc2c(=O)[nH]1)N1CCN(C(=O)C2CCCO2)CC1. The van der Waals surface area contributed by atoms with Gasteiger partial charge in [0.05, 0.1) is 10.9 Å². The molecule has 2 aliphatic rings. The molecule has 2 aromatic rings. The molecule has 0 radical (unpaired) electrons. The van der Waals surface area contributed by atoms with Crippen LogP contribution < -0.4 is 5.56 Å². The van der Waals surface area contributed by atoms with Crippen LogP contribution in [-0.2, 0) is 20.7 Å². The Hall–Kier alpha value is -2.74. The number of rotatable bonds is 4. The molecule has 1 aromatic heterocycles. The minimum Gasteiger partial charge on any atom is -0.368 e. The van der Waals surface area contributed by atoms with Gasteiger partial charge in [-0.3, -0.25) is 14.4 Å². The van der Waals surface area contributed by atoms with Crippen molar-refractivity contribution in [2.24, 2.45) is 0 Å². The van der Waals surface area contributed by atoms with E-state index in [9.17, 15) is 14.4 Å². The lowest BCUT2D eigenvalue weighted by Crippen LogP contribution is -2.52. The van der Waals surface area contributed by atoms with Gasteiger partial charge in [-0.2, -0.15) is 0 Å². The van der Waals surface area contributed by atoms with Gasteiger partial charge in [-0.1, -0.05) is 12.1 Å². The Morgan fingerprint density at radius 1 is 1.14 bits per heavy atom. The highest BCUT2D eigenvalue weighted by molar-refractivity contribution is 5.82. The molecule has 3 heterocycles. The Morgan fingerprint density at radius 2 is 1.89 bits per heavy atom. The van der Waals surface area contributed by atoms with Crippen LogP contribution in [0.3, 0.4) is 0 Å². The highest BCUT2D eigenvalue weighted by Gasteiger charge is 2.31. The van der Waals surface area contributed by atoms with Crippen LogP contribution >= 0.6 is 0 Å². The molecular weight excluding hydrogens is 360 g/mol. The molecule has 2 fully saturated rings. The van der Waals surface area contributed by atoms with Crippen molar-refractivity contribution in [2.75, 3.05) is 32.8 Å². The lowest BCUT2D eigenvalue weighted by atomic mass is 10.2. The van der Waals surface area contributed by atoms with Crippen molar-refractivity contribution in [3.05, 3.63) is 40.4 Å². The fraction of sp³-hybridized carbons (Fsp3) is 0.500. The summed E-state index contributed by atoms with van der Waals surface area (Å²) in [6.45, 7) is 2.78. The van der Waals surface area contributed by atoms with E-state index in [2.05, 4.69) is 9.97 Å². The molecule has 0 spiro atoms. The number of aromatic amines is 1. The number of hydrogen-bond donors (Lipinski definition) is 1. The van der Waals surface area contributed by atoms with Crippen LogP contribution in [0.15, 0.2) is 29.1 Å². The quantitative estimate of drug-likeness (QED) is 0.837. The van der Waals surface area contributed by atoms with Crippen LogP contribution in [0.1, 0.15) is 25.1 Å². The van der Waals surface area contributed by atoms with E-state index in [0.29, 0.717) is 55.9 Å². The van der Waals surface area contributed by atoms with E-state index >= 15 is 0 Å². The number of carbonyl (C=O) groups excluding carboxylic acids is 2. The first-order valence-corrected chi connectivity index (χ1v) is 9.78. The van der Waals surface area contributed by atoms with E-state index in [-0.39, 0.29) is 29.9 Å². The molecule has 0 aliphatic carbocycles. The zero-order chi connectivity index (χ0) is 19.5. The molecule has 0 bridgehead atoms. The second-order valence-corrected chi connectivity index (χ2v) is 7.24. The van der Waals surface area contributed by atoms with Crippen LogP contribution in [0.25, 0.3) is 10.9 Å². The fourth-order valence-electron chi connectivity index (χ4n) is 3.79. The predicted octanol–water partition coefficient (Wildman–Crippen LogP) is 0.705. The third kappa shape index (κ3) is 3.91. The number of nitrogens with zero attached hydrogens (tertiary/aromatic N) is 3. The summed E-state index contributed by atoms with van der Waals surface area (Å²) < 4.78 is 5.46. The summed E-state index contributed by atoms with van der Waals surface area (Å²) >= 11 is 0. The molecule has 2 saturated heterocycles. The zero-order valence-corrected chi connectivity index (χ0v) is 15.7. The van der Waals surface area contributed by atoms with Gasteiger partial charge in [0.25, 0.3) is 11.5 Å². The molecule has 1 unspecified atom stereocenters. The second kappa shape index (κ2) is 8.10. The number of benzene rings is 1. The Balaban J connectivity index is 1.30. The van der Waals surface area contributed by atoms with Gasteiger partial charge in [0.2, 0.25) is 5.91 Å². The average molecular weight is 384 g/mol. The Bertz CT molecular complexity index is 927. The fourth-order valence-corrected chi connectivity index (χ4v) is 3.79. The summed E-state index contributed by atoms with van der Waals surface area (Å²) in [6.07, 6.45) is 2.07. The molecule has 1 N–H and O–H groups in total. The molecule has 8 nitrogen and oxygen atoms in total. The highest BCUT2D eigenvalue weighted by atomic mass is 16.5. The number of piperazine rings is 1. The number of hydrogen-bond acceptors (Lipinski definition) is 5. The molecule has 4 rings (SSSR count). The van der Waals surface area contributed by atoms with Crippen LogP contribution in [0, 0.1) is 0 Å². The summed E-state index contributed by atoms with van der Waals surface area (Å²) in [5.74, 6) is 0.576. The predicted molar refractivity (Wildman–Crippen MR) is 103 cm³/mol. The highest BCUT2D eigenvalue weighted by Crippen LogP contribution is 2.16. The maximum atomic E-state index is 12.5. The van der Waals surface area contributed by atoms with Crippen LogP contribution in [0.2, 0.25) is 0 Å². The number of nitrogens with one attached hydrogen (secondary N) is 1. The van der Waals surface area contributed by atoms with Crippen molar-refractivity contribution in [3.63, 3.8) is 0 Å². The van der Waals surface area contributed by atoms with E-state index in [0.717, 1.165) is 12.8 Å².